The van der Waals surface area contributed by atoms with Crippen molar-refractivity contribution in [2.75, 3.05) is 13.7 Å². The molecule has 0 aromatic heterocycles. The standard InChI is InChI=1S/C16H23NO2/c1-11(2)8-15(16(18)19-3)17-10-13-9-12-6-4-5-7-14(12)13/h4-7,11,13,15,17H,8-10H2,1-3H3. The summed E-state index contributed by atoms with van der Waals surface area (Å²) in [5.74, 6) is 0.863. The first-order valence-electron chi connectivity index (χ1n) is 7.00. The average molecular weight is 261 g/mol. The fourth-order valence-electron chi connectivity index (χ4n) is 2.71. The number of esters is 1. The van der Waals surface area contributed by atoms with Gasteiger partial charge in [-0.1, -0.05) is 38.1 Å². The summed E-state index contributed by atoms with van der Waals surface area (Å²) in [6.45, 7) is 5.09. The number of ether oxygens (including phenoxy) is 1. The van der Waals surface area contributed by atoms with Crippen LogP contribution in [0.4, 0.5) is 0 Å². The Balaban J connectivity index is 1.88. The molecule has 1 aliphatic rings. The lowest BCUT2D eigenvalue weighted by Crippen LogP contribution is -2.42. The molecular formula is C16H23NO2. The number of hydrogen-bond donors (Lipinski definition) is 1. The minimum atomic E-state index is -0.183. The summed E-state index contributed by atoms with van der Waals surface area (Å²) in [6.07, 6.45) is 1.93. The lowest BCUT2D eigenvalue weighted by Gasteiger charge is -2.31. The molecule has 2 rings (SSSR count). The van der Waals surface area contributed by atoms with Crippen molar-refractivity contribution in [3.63, 3.8) is 0 Å². The summed E-state index contributed by atoms with van der Waals surface area (Å²) < 4.78 is 4.87. The Labute approximate surface area is 115 Å². The van der Waals surface area contributed by atoms with Gasteiger partial charge in [-0.3, -0.25) is 4.79 Å². The number of hydrogen-bond acceptors (Lipinski definition) is 3. The van der Waals surface area contributed by atoms with E-state index in [2.05, 4.69) is 43.4 Å². The Morgan fingerprint density at radius 2 is 2.16 bits per heavy atom. The van der Waals surface area contributed by atoms with Crippen LogP contribution in [0.5, 0.6) is 0 Å². The Hall–Kier alpha value is -1.35. The molecule has 0 spiro atoms. The molecule has 0 saturated heterocycles. The number of carbonyl (C=O) groups excluding carboxylic acids is 1. The van der Waals surface area contributed by atoms with E-state index in [1.807, 2.05) is 0 Å². The van der Waals surface area contributed by atoms with Crippen molar-refractivity contribution in [3.05, 3.63) is 35.4 Å². The predicted molar refractivity (Wildman–Crippen MR) is 76.1 cm³/mol. The normalized spacial score (nSPS) is 18.6. The van der Waals surface area contributed by atoms with E-state index in [9.17, 15) is 4.79 Å². The number of fused-ring (bicyclic) bond motifs is 1. The zero-order valence-electron chi connectivity index (χ0n) is 12.0. The maximum Gasteiger partial charge on any atom is 0.322 e. The molecule has 1 aromatic carbocycles. The molecule has 2 unspecified atom stereocenters. The number of carbonyl (C=O) groups is 1. The third-order valence-electron chi connectivity index (χ3n) is 3.76. The molecule has 0 fully saturated rings. The van der Waals surface area contributed by atoms with E-state index in [-0.39, 0.29) is 12.0 Å². The van der Waals surface area contributed by atoms with Gasteiger partial charge in [-0.25, -0.2) is 0 Å². The van der Waals surface area contributed by atoms with E-state index >= 15 is 0 Å². The molecule has 0 aliphatic heterocycles. The lowest BCUT2D eigenvalue weighted by atomic mass is 9.77. The van der Waals surface area contributed by atoms with Gasteiger partial charge in [0, 0.05) is 12.5 Å². The first-order valence-corrected chi connectivity index (χ1v) is 7.00. The maximum atomic E-state index is 11.7. The minimum absolute atomic E-state index is 0.152. The van der Waals surface area contributed by atoms with Crippen molar-refractivity contribution < 1.29 is 9.53 Å². The van der Waals surface area contributed by atoms with Crippen molar-refractivity contribution >= 4 is 5.97 Å². The third kappa shape index (κ3) is 3.35. The number of nitrogens with one attached hydrogen (secondary N) is 1. The highest BCUT2D eigenvalue weighted by atomic mass is 16.5. The SMILES string of the molecule is COC(=O)C(CC(C)C)NCC1Cc2ccccc21. The number of rotatable bonds is 6. The molecule has 104 valence electrons. The monoisotopic (exact) mass is 261 g/mol. The fourth-order valence-corrected chi connectivity index (χ4v) is 2.71. The molecule has 0 heterocycles. The van der Waals surface area contributed by atoms with Crippen LogP contribution in [0.3, 0.4) is 0 Å². The van der Waals surface area contributed by atoms with Crippen molar-refractivity contribution in [3.8, 4) is 0 Å². The van der Waals surface area contributed by atoms with Crippen molar-refractivity contribution in [2.24, 2.45) is 5.92 Å². The van der Waals surface area contributed by atoms with Gasteiger partial charge in [0.1, 0.15) is 6.04 Å². The topological polar surface area (TPSA) is 38.3 Å². The van der Waals surface area contributed by atoms with Crippen LogP contribution in [0.1, 0.15) is 37.3 Å². The second kappa shape index (κ2) is 6.20. The van der Waals surface area contributed by atoms with Crippen LogP contribution in [0, 0.1) is 5.92 Å². The average Bonchev–Trinajstić information content (AvgIpc) is 2.37. The van der Waals surface area contributed by atoms with Gasteiger partial charge < -0.3 is 10.1 Å². The molecule has 1 aliphatic carbocycles. The molecule has 0 bridgehead atoms. The Morgan fingerprint density at radius 3 is 2.79 bits per heavy atom. The molecule has 0 saturated carbocycles. The van der Waals surface area contributed by atoms with Crippen LogP contribution in [0.25, 0.3) is 0 Å². The van der Waals surface area contributed by atoms with Gasteiger partial charge in [-0.2, -0.15) is 0 Å². The highest BCUT2D eigenvalue weighted by Crippen LogP contribution is 2.34. The fraction of sp³-hybridized carbons (Fsp3) is 0.562. The van der Waals surface area contributed by atoms with Crippen LogP contribution in [0.15, 0.2) is 24.3 Å². The molecule has 1 N–H and O–H groups in total. The molecule has 3 heteroatoms. The lowest BCUT2D eigenvalue weighted by molar-refractivity contribution is -0.143. The van der Waals surface area contributed by atoms with Crippen LogP contribution >= 0.6 is 0 Å². The van der Waals surface area contributed by atoms with Crippen LogP contribution in [-0.2, 0) is 16.0 Å². The van der Waals surface area contributed by atoms with Crippen molar-refractivity contribution in [2.45, 2.75) is 38.6 Å². The Kier molecular flexibility index (Phi) is 4.59. The summed E-state index contributed by atoms with van der Waals surface area (Å²) in [5.41, 5.74) is 2.86. The largest absolute Gasteiger partial charge is 0.468 e. The molecule has 19 heavy (non-hydrogen) atoms. The molecule has 1 aromatic rings. The van der Waals surface area contributed by atoms with E-state index < -0.39 is 0 Å². The van der Waals surface area contributed by atoms with Gasteiger partial charge in [0.25, 0.3) is 0 Å². The van der Waals surface area contributed by atoms with Crippen molar-refractivity contribution in [1.29, 1.82) is 0 Å². The smallest absolute Gasteiger partial charge is 0.322 e. The predicted octanol–water partition coefficient (Wildman–Crippen LogP) is 2.50. The highest BCUT2D eigenvalue weighted by molar-refractivity contribution is 5.75. The van der Waals surface area contributed by atoms with Crippen molar-refractivity contribution in [1.82, 2.24) is 5.32 Å². The van der Waals surface area contributed by atoms with Crippen LogP contribution in [-0.4, -0.2) is 25.7 Å². The van der Waals surface area contributed by atoms with E-state index in [0.29, 0.717) is 11.8 Å². The summed E-state index contributed by atoms with van der Waals surface area (Å²) in [4.78, 5) is 11.7. The van der Waals surface area contributed by atoms with Gasteiger partial charge in [0.15, 0.2) is 0 Å². The van der Waals surface area contributed by atoms with E-state index in [0.717, 1.165) is 19.4 Å². The van der Waals surface area contributed by atoms with E-state index in [4.69, 9.17) is 4.74 Å². The van der Waals surface area contributed by atoms with Gasteiger partial charge in [0.05, 0.1) is 7.11 Å². The van der Waals surface area contributed by atoms with E-state index in [1.165, 1.54) is 18.2 Å². The van der Waals surface area contributed by atoms with Crippen LogP contribution in [0.2, 0.25) is 0 Å². The first-order chi connectivity index (χ1) is 9.11. The Morgan fingerprint density at radius 1 is 1.42 bits per heavy atom. The summed E-state index contributed by atoms with van der Waals surface area (Å²) >= 11 is 0. The first kappa shape index (κ1) is 14.1. The van der Waals surface area contributed by atoms with Gasteiger partial charge in [-0.05, 0) is 29.9 Å². The highest BCUT2D eigenvalue weighted by Gasteiger charge is 2.27. The Bertz CT molecular complexity index is 442. The second-order valence-corrected chi connectivity index (χ2v) is 5.71. The van der Waals surface area contributed by atoms with E-state index in [1.54, 1.807) is 0 Å². The maximum absolute atomic E-state index is 11.7. The summed E-state index contributed by atoms with van der Waals surface area (Å²) in [5, 5.41) is 3.37. The number of benzene rings is 1. The zero-order chi connectivity index (χ0) is 13.8. The van der Waals surface area contributed by atoms with Crippen LogP contribution < -0.4 is 5.32 Å². The number of methoxy groups -OCH3 is 1. The molecule has 3 nitrogen and oxygen atoms in total. The second-order valence-electron chi connectivity index (χ2n) is 5.71. The summed E-state index contributed by atoms with van der Waals surface area (Å²) in [7, 11) is 1.45. The third-order valence-corrected chi connectivity index (χ3v) is 3.76. The molecular weight excluding hydrogens is 238 g/mol. The zero-order valence-corrected chi connectivity index (χ0v) is 12.0. The van der Waals surface area contributed by atoms with Gasteiger partial charge in [0.2, 0.25) is 0 Å². The summed E-state index contributed by atoms with van der Waals surface area (Å²) in [6, 6.07) is 8.34. The van der Waals surface area contributed by atoms with Gasteiger partial charge >= 0.3 is 5.97 Å². The quantitative estimate of drug-likeness (QED) is 0.800. The molecule has 2 atom stereocenters. The minimum Gasteiger partial charge on any atom is -0.468 e. The van der Waals surface area contributed by atoms with Gasteiger partial charge in [-0.15, -0.1) is 0 Å². The molecule has 0 radical (unpaired) electrons. The molecule has 0 amide bonds.